The smallest absolute Gasteiger partial charge is 0.399 e. The molecule has 1 aliphatic heterocycles. The van der Waals surface area contributed by atoms with Crippen molar-refractivity contribution in [3.63, 3.8) is 0 Å². The van der Waals surface area contributed by atoms with Crippen LogP contribution in [-0.4, -0.2) is 28.3 Å². The third kappa shape index (κ3) is 2.84. The Balaban J connectivity index is 2.06. The molecule has 3 rings (SSSR count). The van der Waals surface area contributed by atoms with E-state index in [2.05, 4.69) is 9.97 Å². The van der Waals surface area contributed by atoms with E-state index in [1.807, 2.05) is 0 Å². The van der Waals surface area contributed by atoms with Crippen molar-refractivity contribution >= 4 is 12.6 Å². The summed E-state index contributed by atoms with van der Waals surface area (Å²) < 4.78 is 52.2. The lowest BCUT2D eigenvalue weighted by molar-refractivity contribution is -0.136. The highest BCUT2D eigenvalue weighted by atomic mass is 19.4. The standard InChI is InChI=1S/C16H18BF3N2O2/c1-14(2)15(3,4)24-17(23-14)12-6-5-10(13-21-7-8-22-13)9-11(12)16(18,19)20/h5-9H,1-4H3,(H,21,22). The van der Waals surface area contributed by atoms with Gasteiger partial charge in [-0.15, -0.1) is 0 Å². The zero-order chi connectivity index (χ0) is 17.8. The third-order valence-corrected chi connectivity index (χ3v) is 4.64. The number of rotatable bonds is 2. The predicted octanol–water partition coefficient (Wildman–Crippen LogP) is 3.39. The van der Waals surface area contributed by atoms with E-state index in [0.717, 1.165) is 6.07 Å². The van der Waals surface area contributed by atoms with Crippen LogP contribution in [0.4, 0.5) is 13.2 Å². The first-order valence-electron chi connectivity index (χ1n) is 7.58. The fourth-order valence-electron chi connectivity index (χ4n) is 2.55. The normalized spacial score (nSPS) is 19.7. The molecule has 0 saturated carbocycles. The van der Waals surface area contributed by atoms with Gasteiger partial charge in [-0.25, -0.2) is 4.98 Å². The average Bonchev–Trinajstić information content (AvgIpc) is 3.04. The first-order chi connectivity index (χ1) is 11.0. The summed E-state index contributed by atoms with van der Waals surface area (Å²) in [6.45, 7) is 7.21. The number of aromatic nitrogens is 2. The van der Waals surface area contributed by atoms with Crippen molar-refractivity contribution in [1.29, 1.82) is 0 Å². The quantitative estimate of drug-likeness (QED) is 0.854. The van der Waals surface area contributed by atoms with Crippen LogP contribution in [0, 0.1) is 0 Å². The summed E-state index contributed by atoms with van der Waals surface area (Å²) in [5.41, 5.74) is -1.88. The predicted molar refractivity (Wildman–Crippen MR) is 84.7 cm³/mol. The van der Waals surface area contributed by atoms with Gasteiger partial charge >= 0.3 is 13.3 Å². The number of benzene rings is 1. The van der Waals surface area contributed by atoms with Crippen LogP contribution in [0.5, 0.6) is 0 Å². The second-order valence-electron chi connectivity index (χ2n) is 6.83. The van der Waals surface area contributed by atoms with E-state index in [-0.39, 0.29) is 5.46 Å². The monoisotopic (exact) mass is 338 g/mol. The molecule has 0 unspecified atom stereocenters. The summed E-state index contributed by atoms with van der Waals surface area (Å²) in [5.74, 6) is 0.376. The zero-order valence-electron chi connectivity index (χ0n) is 13.9. The minimum Gasteiger partial charge on any atom is -0.399 e. The number of aromatic amines is 1. The molecule has 1 saturated heterocycles. The Kier molecular flexibility index (Phi) is 3.80. The van der Waals surface area contributed by atoms with Crippen LogP contribution in [0.25, 0.3) is 11.4 Å². The number of hydrogen-bond acceptors (Lipinski definition) is 3. The maximum absolute atomic E-state index is 13.6. The molecule has 0 atom stereocenters. The zero-order valence-corrected chi connectivity index (χ0v) is 13.9. The summed E-state index contributed by atoms with van der Waals surface area (Å²) in [6.07, 6.45) is -1.48. The Morgan fingerprint density at radius 3 is 2.21 bits per heavy atom. The van der Waals surface area contributed by atoms with Crippen molar-refractivity contribution in [2.24, 2.45) is 0 Å². The van der Waals surface area contributed by atoms with Crippen molar-refractivity contribution in [2.45, 2.75) is 45.1 Å². The lowest BCUT2D eigenvalue weighted by Crippen LogP contribution is -2.41. The van der Waals surface area contributed by atoms with Crippen molar-refractivity contribution in [1.82, 2.24) is 9.97 Å². The highest BCUT2D eigenvalue weighted by molar-refractivity contribution is 6.62. The van der Waals surface area contributed by atoms with Gasteiger partial charge in [-0.3, -0.25) is 0 Å². The summed E-state index contributed by atoms with van der Waals surface area (Å²) in [7, 11) is -1.07. The number of nitrogens with one attached hydrogen (secondary N) is 1. The molecule has 0 radical (unpaired) electrons. The number of imidazole rings is 1. The molecule has 128 valence electrons. The molecule has 0 bridgehead atoms. The highest BCUT2D eigenvalue weighted by Gasteiger charge is 2.53. The largest absolute Gasteiger partial charge is 0.495 e. The van der Waals surface area contributed by atoms with Gasteiger partial charge in [0.25, 0.3) is 0 Å². The number of alkyl halides is 3. The minimum absolute atomic E-state index is 0.0311. The summed E-state index contributed by atoms with van der Waals surface area (Å²) in [5, 5.41) is 0. The number of H-pyrrole nitrogens is 1. The van der Waals surface area contributed by atoms with Gasteiger partial charge in [0.2, 0.25) is 0 Å². The molecule has 1 aromatic heterocycles. The summed E-state index contributed by atoms with van der Waals surface area (Å²) >= 11 is 0. The van der Waals surface area contributed by atoms with Crippen molar-refractivity contribution in [3.8, 4) is 11.4 Å². The summed E-state index contributed by atoms with van der Waals surface area (Å²) in [6, 6.07) is 4.04. The van der Waals surface area contributed by atoms with E-state index in [0.29, 0.717) is 11.4 Å². The van der Waals surface area contributed by atoms with Gasteiger partial charge < -0.3 is 14.3 Å². The Morgan fingerprint density at radius 1 is 1.08 bits per heavy atom. The highest BCUT2D eigenvalue weighted by Crippen LogP contribution is 2.38. The third-order valence-electron chi connectivity index (χ3n) is 4.64. The second kappa shape index (κ2) is 5.36. The van der Waals surface area contributed by atoms with Crippen LogP contribution in [0.15, 0.2) is 30.6 Å². The SMILES string of the molecule is CC1(C)OB(c2ccc(-c3ncc[nH]3)cc2C(F)(F)F)OC1(C)C. The lowest BCUT2D eigenvalue weighted by Gasteiger charge is -2.32. The number of halogens is 3. The first-order valence-corrected chi connectivity index (χ1v) is 7.58. The van der Waals surface area contributed by atoms with Gasteiger partial charge in [-0.05, 0) is 39.2 Å². The molecule has 1 N–H and O–H groups in total. The molecule has 0 aliphatic carbocycles. The lowest BCUT2D eigenvalue weighted by atomic mass is 9.75. The molecule has 8 heteroatoms. The van der Waals surface area contributed by atoms with Gasteiger partial charge in [0.1, 0.15) is 5.82 Å². The van der Waals surface area contributed by atoms with E-state index in [1.165, 1.54) is 12.3 Å². The van der Waals surface area contributed by atoms with E-state index in [1.54, 1.807) is 40.0 Å². The molecule has 4 nitrogen and oxygen atoms in total. The molecule has 0 spiro atoms. The number of hydrogen-bond donors (Lipinski definition) is 1. The van der Waals surface area contributed by atoms with Crippen LogP contribution in [0.3, 0.4) is 0 Å². The van der Waals surface area contributed by atoms with Crippen LogP contribution in [-0.2, 0) is 15.5 Å². The Bertz CT molecular complexity index is 726. The molecule has 2 aromatic rings. The van der Waals surface area contributed by atoms with Crippen molar-refractivity contribution in [3.05, 3.63) is 36.2 Å². The van der Waals surface area contributed by atoms with Crippen molar-refractivity contribution in [2.75, 3.05) is 0 Å². The Hall–Kier alpha value is -1.80. The molecule has 1 aliphatic rings. The van der Waals surface area contributed by atoms with Crippen molar-refractivity contribution < 1.29 is 22.5 Å². The fraction of sp³-hybridized carbons (Fsp3) is 0.438. The molecule has 24 heavy (non-hydrogen) atoms. The molecular weight excluding hydrogens is 320 g/mol. The van der Waals surface area contributed by atoms with E-state index in [9.17, 15) is 13.2 Å². The molecule has 0 amide bonds. The maximum Gasteiger partial charge on any atom is 0.495 e. The molecule has 1 fully saturated rings. The van der Waals surface area contributed by atoms with Gasteiger partial charge in [-0.1, -0.05) is 12.1 Å². The van der Waals surface area contributed by atoms with Crippen LogP contribution in [0.2, 0.25) is 0 Å². The first kappa shape index (κ1) is 17.0. The van der Waals surface area contributed by atoms with Crippen LogP contribution in [0.1, 0.15) is 33.3 Å². The maximum atomic E-state index is 13.6. The van der Waals surface area contributed by atoms with Gasteiger partial charge in [-0.2, -0.15) is 13.2 Å². The van der Waals surface area contributed by atoms with Gasteiger partial charge in [0.05, 0.1) is 16.8 Å². The fourth-order valence-corrected chi connectivity index (χ4v) is 2.55. The summed E-state index contributed by atoms with van der Waals surface area (Å²) in [4.78, 5) is 6.80. The molecule has 1 aromatic carbocycles. The molecular formula is C16H18BF3N2O2. The Morgan fingerprint density at radius 2 is 1.71 bits per heavy atom. The second-order valence-corrected chi connectivity index (χ2v) is 6.83. The molecule has 2 heterocycles. The van der Waals surface area contributed by atoms with Gasteiger partial charge in [0.15, 0.2) is 0 Å². The van der Waals surface area contributed by atoms with E-state index in [4.69, 9.17) is 9.31 Å². The van der Waals surface area contributed by atoms with E-state index >= 15 is 0 Å². The number of nitrogens with zero attached hydrogens (tertiary/aromatic N) is 1. The topological polar surface area (TPSA) is 47.1 Å². The minimum atomic E-state index is -4.53. The van der Waals surface area contributed by atoms with Crippen LogP contribution < -0.4 is 5.46 Å². The average molecular weight is 338 g/mol. The Labute approximate surface area is 138 Å². The van der Waals surface area contributed by atoms with Crippen LogP contribution >= 0.6 is 0 Å². The van der Waals surface area contributed by atoms with Gasteiger partial charge in [0, 0.05) is 18.0 Å². The van der Waals surface area contributed by atoms with E-state index < -0.39 is 30.1 Å².